The van der Waals surface area contributed by atoms with E-state index in [-0.39, 0.29) is 0 Å². The van der Waals surface area contributed by atoms with Gasteiger partial charge in [-0.3, -0.25) is 4.99 Å². The van der Waals surface area contributed by atoms with E-state index >= 15 is 0 Å². The lowest BCUT2D eigenvalue weighted by Gasteiger charge is -2.28. The maximum atomic E-state index is 4.53. The number of hydrogen-bond donors (Lipinski definition) is 0. The molecule has 0 aromatic carbocycles. The highest BCUT2D eigenvalue weighted by atomic mass is 15.1. The molecule has 2 nitrogen and oxygen atoms in total. The Labute approximate surface area is 295 Å². The number of rotatable bonds is 35. The molecule has 0 aromatic rings. The SMILES string of the molecule is CCCCC/C=C\C/C=C\CCCCCCCCC(CCCCCCCC/C=C\C/C=C\CCCCC)N(C)CCCC1=CCC=N1. The van der Waals surface area contributed by atoms with Crippen LogP contribution in [0.15, 0.2) is 65.4 Å². The van der Waals surface area contributed by atoms with Crippen LogP contribution in [0, 0.1) is 0 Å². The van der Waals surface area contributed by atoms with E-state index in [9.17, 15) is 0 Å². The zero-order valence-electron chi connectivity index (χ0n) is 32.0. The van der Waals surface area contributed by atoms with Gasteiger partial charge >= 0.3 is 0 Å². The van der Waals surface area contributed by atoms with Crippen molar-refractivity contribution in [3.05, 3.63) is 60.4 Å². The van der Waals surface area contributed by atoms with Crippen molar-refractivity contribution >= 4 is 6.21 Å². The Morgan fingerprint density at radius 1 is 0.553 bits per heavy atom. The Kier molecular flexibility index (Phi) is 32.9. The second-order valence-corrected chi connectivity index (χ2v) is 14.2. The fourth-order valence-corrected chi connectivity index (χ4v) is 6.59. The zero-order chi connectivity index (χ0) is 33.7. The van der Waals surface area contributed by atoms with E-state index in [1.807, 2.05) is 0 Å². The largest absolute Gasteiger partial charge is 0.303 e. The first-order valence-electron chi connectivity index (χ1n) is 20.8. The Bertz CT molecular complexity index is 781. The number of unbranched alkanes of at least 4 members (excludes halogenated alkanes) is 18. The van der Waals surface area contributed by atoms with Crippen molar-refractivity contribution in [2.75, 3.05) is 13.6 Å². The highest BCUT2D eigenvalue weighted by Gasteiger charge is 2.14. The van der Waals surface area contributed by atoms with Crippen molar-refractivity contribution in [1.29, 1.82) is 0 Å². The van der Waals surface area contributed by atoms with Crippen molar-refractivity contribution in [2.24, 2.45) is 4.99 Å². The van der Waals surface area contributed by atoms with Crippen molar-refractivity contribution < 1.29 is 0 Å². The molecule has 0 aliphatic carbocycles. The molecule has 0 radical (unpaired) electrons. The molecule has 0 saturated heterocycles. The fourth-order valence-electron chi connectivity index (χ4n) is 6.59. The summed E-state index contributed by atoms with van der Waals surface area (Å²) in [6.45, 7) is 5.76. The molecule has 2 heteroatoms. The maximum absolute atomic E-state index is 4.53. The molecule has 0 bridgehead atoms. The van der Waals surface area contributed by atoms with Gasteiger partial charge in [0.05, 0.1) is 0 Å². The minimum atomic E-state index is 0.757. The molecule has 47 heavy (non-hydrogen) atoms. The summed E-state index contributed by atoms with van der Waals surface area (Å²) in [6, 6.07) is 0.757. The van der Waals surface area contributed by atoms with Crippen LogP contribution in [0.3, 0.4) is 0 Å². The van der Waals surface area contributed by atoms with Crippen LogP contribution >= 0.6 is 0 Å². The van der Waals surface area contributed by atoms with Crippen LogP contribution in [0.4, 0.5) is 0 Å². The molecule has 0 amide bonds. The van der Waals surface area contributed by atoms with Crippen LogP contribution in [0.5, 0.6) is 0 Å². The van der Waals surface area contributed by atoms with Gasteiger partial charge in [0.1, 0.15) is 0 Å². The highest BCUT2D eigenvalue weighted by Crippen LogP contribution is 2.20. The lowest BCUT2D eigenvalue weighted by Crippen LogP contribution is -2.32. The summed E-state index contributed by atoms with van der Waals surface area (Å²) < 4.78 is 0. The topological polar surface area (TPSA) is 15.6 Å². The minimum absolute atomic E-state index is 0.757. The maximum Gasteiger partial charge on any atom is 0.0364 e. The van der Waals surface area contributed by atoms with Gasteiger partial charge in [0.2, 0.25) is 0 Å². The Morgan fingerprint density at radius 2 is 0.979 bits per heavy atom. The molecule has 0 saturated carbocycles. The van der Waals surface area contributed by atoms with Crippen LogP contribution in [0.1, 0.15) is 200 Å². The lowest BCUT2D eigenvalue weighted by atomic mass is 9.98. The van der Waals surface area contributed by atoms with Gasteiger partial charge in [-0.15, -0.1) is 0 Å². The van der Waals surface area contributed by atoms with Gasteiger partial charge in [-0.2, -0.15) is 0 Å². The van der Waals surface area contributed by atoms with Crippen LogP contribution in [0.25, 0.3) is 0 Å². The molecule has 0 unspecified atom stereocenters. The number of aliphatic imine (C=N–C) groups is 1. The fraction of sp³-hybridized carbons (Fsp3) is 0.756. The van der Waals surface area contributed by atoms with Gasteiger partial charge in [0.15, 0.2) is 0 Å². The van der Waals surface area contributed by atoms with E-state index in [1.165, 1.54) is 173 Å². The summed E-state index contributed by atoms with van der Waals surface area (Å²) in [5.41, 5.74) is 1.31. The van der Waals surface area contributed by atoms with E-state index in [2.05, 4.69) is 91.7 Å². The molecule has 0 spiro atoms. The third-order valence-corrected chi connectivity index (χ3v) is 9.76. The normalized spacial score (nSPS) is 13.8. The second kappa shape index (κ2) is 35.6. The third-order valence-electron chi connectivity index (χ3n) is 9.76. The predicted octanol–water partition coefficient (Wildman–Crippen LogP) is 14.8. The van der Waals surface area contributed by atoms with E-state index in [0.29, 0.717) is 0 Å². The van der Waals surface area contributed by atoms with Gasteiger partial charge < -0.3 is 4.90 Å². The summed E-state index contributed by atoms with van der Waals surface area (Å²) in [5, 5.41) is 0. The smallest absolute Gasteiger partial charge is 0.0364 e. The summed E-state index contributed by atoms with van der Waals surface area (Å²) >= 11 is 0. The van der Waals surface area contributed by atoms with Crippen molar-refractivity contribution in [3.8, 4) is 0 Å². The molecule has 1 aliphatic rings. The Balaban J connectivity index is 2.15. The number of allylic oxidation sites excluding steroid dienone is 10. The van der Waals surface area contributed by atoms with Crippen LogP contribution in [0.2, 0.25) is 0 Å². The van der Waals surface area contributed by atoms with Crippen molar-refractivity contribution in [3.63, 3.8) is 0 Å². The first kappa shape index (κ1) is 43.4. The molecule has 1 aliphatic heterocycles. The molecule has 0 N–H and O–H groups in total. The molecule has 1 rings (SSSR count). The molecular weight excluding hydrogens is 569 g/mol. The summed E-state index contributed by atoms with van der Waals surface area (Å²) in [7, 11) is 2.39. The van der Waals surface area contributed by atoms with Crippen LogP contribution in [-0.4, -0.2) is 30.7 Å². The van der Waals surface area contributed by atoms with E-state index in [4.69, 9.17) is 0 Å². The average molecular weight is 649 g/mol. The summed E-state index contributed by atoms with van der Waals surface area (Å²) in [6.07, 6.45) is 61.6. The Hall–Kier alpha value is -1.67. The van der Waals surface area contributed by atoms with Gasteiger partial charge in [-0.1, -0.05) is 158 Å². The molecule has 1 heterocycles. The van der Waals surface area contributed by atoms with Crippen LogP contribution < -0.4 is 0 Å². The van der Waals surface area contributed by atoms with Gasteiger partial charge in [0, 0.05) is 24.4 Å². The van der Waals surface area contributed by atoms with Gasteiger partial charge in [-0.05, 0) is 103 Å². The Morgan fingerprint density at radius 3 is 1.40 bits per heavy atom. The van der Waals surface area contributed by atoms with E-state index < -0.39 is 0 Å². The number of hydrogen-bond acceptors (Lipinski definition) is 2. The first-order valence-corrected chi connectivity index (χ1v) is 20.8. The zero-order valence-corrected chi connectivity index (χ0v) is 32.0. The molecule has 0 fully saturated rings. The van der Waals surface area contributed by atoms with E-state index in [0.717, 1.165) is 31.7 Å². The third kappa shape index (κ3) is 30.1. The number of nitrogens with zero attached hydrogens (tertiary/aromatic N) is 2. The predicted molar refractivity (Wildman–Crippen MR) is 215 cm³/mol. The molecule has 0 atom stereocenters. The summed E-state index contributed by atoms with van der Waals surface area (Å²) in [5.74, 6) is 0. The second-order valence-electron chi connectivity index (χ2n) is 14.2. The standard InChI is InChI=1S/C45H80N2/c1-4-6-8-10-12-14-16-18-20-22-24-26-28-30-32-34-40-45(47(3)43-37-39-44-38-36-42-46-44)41-35-33-31-29-27-25-23-21-19-17-15-13-11-9-7-5-2/h12-15,18-21,38,42,45H,4-11,16-17,22-37,39-41,43H2,1-3H3/b14-12-,15-13-,20-18-,21-19-. The molecular formula is C45H80N2. The quantitative estimate of drug-likeness (QED) is 0.0493. The lowest BCUT2D eigenvalue weighted by molar-refractivity contribution is 0.207. The van der Waals surface area contributed by atoms with Crippen LogP contribution in [-0.2, 0) is 0 Å². The van der Waals surface area contributed by atoms with Gasteiger partial charge in [0.25, 0.3) is 0 Å². The van der Waals surface area contributed by atoms with E-state index in [1.54, 1.807) is 0 Å². The highest BCUT2D eigenvalue weighted by molar-refractivity contribution is 5.64. The summed E-state index contributed by atoms with van der Waals surface area (Å²) in [4.78, 5) is 7.22. The van der Waals surface area contributed by atoms with Crippen molar-refractivity contribution in [2.45, 2.75) is 206 Å². The van der Waals surface area contributed by atoms with Crippen molar-refractivity contribution in [1.82, 2.24) is 4.90 Å². The monoisotopic (exact) mass is 649 g/mol. The first-order chi connectivity index (χ1) is 23.3. The van der Waals surface area contributed by atoms with Gasteiger partial charge in [-0.25, -0.2) is 0 Å². The molecule has 0 aromatic heterocycles. The molecule has 270 valence electrons. The minimum Gasteiger partial charge on any atom is -0.303 e. The average Bonchev–Trinajstić information content (AvgIpc) is 3.60.